The van der Waals surface area contributed by atoms with Crippen molar-refractivity contribution in [1.82, 2.24) is 0 Å². The molecule has 0 unspecified atom stereocenters. The van der Waals surface area contributed by atoms with E-state index in [1.54, 1.807) is 6.07 Å². The predicted molar refractivity (Wildman–Crippen MR) is 52.7 cm³/mol. The van der Waals surface area contributed by atoms with Gasteiger partial charge in [0.2, 0.25) is 0 Å². The molecule has 0 saturated carbocycles. The predicted octanol–water partition coefficient (Wildman–Crippen LogP) is 3.19. The first-order chi connectivity index (χ1) is 6.22. The van der Waals surface area contributed by atoms with Crippen molar-refractivity contribution in [2.75, 3.05) is 0 Å². The monoisotopic (exact) mass is 216 g/mol. The van der Waals surface area contributed by atoms with Crippen LogP contribution in [0.4, 0.5) is 4.39 Å². The number of hydrogen-bond donors (Lipinski definition) is 1. The highest BCUT2D eigenvalue weighted by Gasteiger charge is 2.09. The zero-order chi connectivity index (χ0) is 9.42. The Morgan fingerprint density at radius 1 is 1.46 bits per heavy atom. The van der Waals surface area contributed by atoms with Gasteiger partial charge >= 0.3 is 0 Å². The Morgan fingerprint density at radius 3 is 2.92 bits per heavy atom. The maximum absolute atomic E-state index is 12.8. The Hall–Kier alpha value is -0.640. The fourth-order valence-corrected chi connectivity index (χ4v) is 2.52. The maximum atomic E-state index is 12.8. The molecule has 0 aliphatic rings. The van der Waals surface area contributed by atoms with E-state index in [0.29, 0.717) is 15.3 Å². The van der Waals surface area contributed by atoms with Crippen molar-refractivity contribution in [1.29, 1.82) is 0 Å². The van der Waals surface area contributed by atoms with Gasteiger partial charge in [-0.25, -0.2) is 4.39 Å². The number of rotatable bonds is 1. The molecule has 1 nitrogen and oxygen atoms in total. The molecule has 0 aliphatic heterocycles. The SMILES string of the molecule is OCc1sc2ccc(F)cc2c1Cl. The van der Waals surface area contributed by atoms with Crippen molar-refractivity contribution in [3.05, 3.63) is 33.9 Å². The zero-order valence-electron chi connectivity index (χ0n) is 6.55. The summed E-state index contributed by atoms with van der Waals surface area (Å²) < 4.78 is 13.7. The van der Waals surface area contributed by atoms with Gasteiger partial charge in [-0.15, -0.1) is 11.3 Å². The molecule has 2 rings (SSSR count). The van der Waals surface area contributed by atoms with Crippen molar-refractivity contribution in [3.8, 4) is 0 Å². The van der Waals surface area contributed by atoms with E-state index in [2.05, 4.69) is 0 Å². The molecule has 0 spiro atoms. The molecule has 2 aromatic rings. The molecule has 1 aromatic heterocycles. The van der Waals surface area contributed by atoms with Crippen LogP contribution in [-0.2, 0) is 6.61 Å². The molecule has 0 radical (unpaired) electrons. The van der Waals surface area contributed by atoms with Crippen LogP contribution >= 0.6 is 22.9 Å². The van der Waals surface area contributed by atoms with Gasteiger partial charge in [0.05, 0.1) is 11.6 Å². The van der Waals surface area contributed by atoms with E-state index in [0.717, 1.165) is 4.70 Å². The minimum Gasteiger partial charge on any atom is -0.391 e. The average molecular weight is 217 g/mol. The third-order valence-electron chi connectivity index (χ3n) is 1.80. The van der Waals surface area contributed by atoms with Crippen LogP contribution in [0.1, 0.15) is 4.88 Å². The van der Waals surface area contributed by atoms with Crippen LogP contribution in [0.25, 0.3) is 10.1 Å². The lowest BCUT2D eigenvalue weighted by atomic mass is 10.2. The van der Waals surface area contributed by atoms with Crippen LogP contribution in [-0.4, -0.2) is 5.11 Å². The highest BCUT2D eigenvalue weighted by atomic mass is 35.5. The number of benzene rings is 1. The molecule has 13 heavy (non-hydrogen) atoms. The lowest BCUT2D eigenvalue weighted by Gasteiger charge is -1.90. The van der Waals surface area contributed by atoms with Gasteiger partial charge in [-0.1, -0.05) is 11.6 Å². The Morgan fingerprint density at radius 2 is 2.23 bits per heavy atom. The number of aliphatic hydroxyl groups excluding tert-OH is 1. The quantitative estimate of drug-likeness (QED) is 0.776. The normalized spacial score (nSPS) is 11.0. The zero-order valence-corrected chi connectivity index (χ0v) is 8.12. The third kappa shape index (κ3) is 1.43. The van der Waals surface area contributed by atoms with Gasteiger partial charge in [0.15, 0.2) is 0 Å². The minimum atomic E-state index is -0.309. The summed E-state index contributed by atoms with van der Waals surface area (Å²) in [4.78, 5) is 0.683. The molecule has 0 amide bonds. The van der Waals surface area contributed by atoms with Crippen molar-refractivity contribution < 1.29 is 9.50 Å². The molecule has 4 heteroatoms. The summed E-state index contributed by atoms with van der Waals surface area (Å²) in [5.41, 5.74) is 0. The van der Waals surface area contributed by atoms with Crippen molar-refractivity contribution in [2.24, 2.45) is 0 Å². The first-order valence-corrected chi connectivity index (χ1v) is 4.89. The Bertz CT molecular complexity index is 452. The van der Waals surface area contributed by atoms with E-state index < -0.39 is 0 Å². The molecule has 1 N–H and O–H groups in total. The summed E-state index contributed by atoms with van der Waals surface area (Å²) >= 11 is 7.30. The number of halogens is 2. The summed E-state index contributed by atoms with van der Waals surface area (Å²) in [7, 11) is 0. The summed E-state index contributed by atoms with van der Waals surface area (Å²) in [6, 6.07) is 4.43. The van der Waals surface area contributed by atoms with Crippen molar-refractivity contribution >= 4 is 33.0 Å². The molecule has 0 saturated heterocycles. The molecule has 0 atom stereocenters. The Balaban J connectivity index is 2.77. The smallest absolute Gasteiger partial charge is 0.123 e. The third-order valence-corrected chi connectivity index (χ3v) is 3.50. The summed E-state index contributed by atoms with van der Waals surface area (Å²) in [6.45, 7) is -0.0974. The van der Waals surface area contributed by atoms with Crippen LogP contribution in [0.2, 0.25) is 5.02 Å². The number of thiophene rings is 1. The summed E-state index contributed by atoms with van der Waals surface area (Å²) in [6.07, 6.45) is 0. The lowest BCUT2D eigenvalue weighted by molar-refractivity contribution is 0.285. The molecule has 68 valence electrons. The van der Waals surface area contributed by atoms with E-state index >= 15 is 0 Å². The molecular formula is C9H6ClFOS. The molecule has 0 aliphatic carbocycles. The van der Waals surface area contributed by atoms with E-state index in [4.69, 9.17) is 16.7 Å². The molecule has 1 aromatic carbocycles. The Labute approximate surface area is 83.4 Å². The van der Waals surface area contributed by atoms with Crippen LogP contribution in [0.5, 0.6) is 0 Å². The van der Waals surface area contributed by atoms with Gasteiger partial charge in [0.25, 0.3) is 0 Å². The van der Waals surface area contributed by atoms with Gasteiger partial charge in [0, 0.05) is 15.0 Å². The van der Waals surface area contributed by atoms with Gasteiger partial charge < -0.3 is 5.11 Å². The van der Waals surface area contributed by atoms with Crippen LogP contribution < -0.4 is 0 Å². The van der Waals surface area contributed by atoms with Crippen LogP contribution in [0.15, 0.2) is 18.2 Å². The maximum Gasteiger partial charge on any atom is 0.123 e. The summed E-state index contributed by atoms with van der Waals surface area (Å²) in [5.74, 6) is -0.309. The molecular weight excluding hydrogens is 211 g/mol. The molecule has 0 fully saturated rings. The van der Waals surface area contributed by atoms with E-state index in [1.165, 1.54) is 23.5 Å². The fraction of sp³-hybridized carbons (Fsp3) is 0.111. The first kappa shape index (κ1) is 8.94. The van der Waals surface area contributed by atoms with Crippen molar-refractivity contribution in [2.45, 2.75) is 6.61 Å². The fourth-order valence-electron chi connectivity index (χ4n) is 1.19. The van der Waals surface area contributed by atoms with Gasteiger partial charge in [-0.3, -0.25) is 0 Å². The topological polar surface area (TPSA) is 20.2 Å². The van der Waals surface area contributed by atoms with E-state index in [-0.39, 0.29) is 12.4 Å². The van der Waals surface area contributed by atoms with Gasteiger partial charge in [-0.2, -0.15) is 0 Å². The number of aliphatic hydroxyl groups is 1. The summed E-state index contributed by atoms with van der Waals surface area (Å²) in [5, 5.41) is 10.1. The van der Waals surface area contributed by atoms with Crippen LogP contribution in [0.3, 0.4) is 0 Å². The van der Waals surface area contributed by atoms with E-state index in [9.17, 15) is 4.39 Å². The van der Waals surface area contributed by atoms with Gasteiger partial charge in [0.1, 0.15) is 5.82 Å². The average Bonchev–Trinajstić information content (AvgIpc) is 2.44. The highest BCUT2D eigenvalue weighted by Crippen LogP contribution is 2.35. The van der Waals surface area contributed by atoms with Crippen LogP contribution in [0, 0.1) is 5.82 Å². The van der Waals surface area contributed by atoms with Crippen molar-refractivity contribution in [3.63, 3.8) is 0 Å². The lowest BCUT2D eigenvalue weighted by Crippen LogP contribution is -1.75. The number of hydrogen-bond acceptors (Lipinski definition) is 2. The second-order valence-electron chi connectivity index (χ2n) is 2.64. The molecule has 0 bridgehead atoms. The largest absolute Gasteiger partial charge is 0.391 e. The minimum absolute atomic E-state index is 0.0974. The number of fused-ring (bicyclic) bond motifs is 1. The Kier molecular flexibility index (Phi) is 2.24. The molecule has 1 heterocycles. The van der Waals surface area contributed by atoms with E-state index in [1.807, 2.05) is 0 Å². The second kappa shape index (κ2) is 3.25. The first-order valence-electron chi connectivity index (χ1n) is 3.69. The standard InChI is InChI=1S/C9H6ClFOS/c10-9-6-3-5(11)1-2-7(6)13-8(9)4-12/h1-3,12H,4H2. The van der Waals surface area contributed by atoms with Gasteiger partial charge in [-0.05, 0) is 18.2 Å². The second-order valence-corrected chi connectivity index (χ2v) is 4.15. The highest BCUT2D eigenvalue weighted by molar-refractivity contribution is 7.19.